The smallest absolute Gasteiger partial charge is 0.296 e. The summed E-state index contributed by atoms with van der Waals surface area (Å²) in [5.74, 6) is 0.949. The highest BCUT2D eigenvalue weighted by Gasteiger charge is 2.42. The SMILES string of the molecule is COCCOc1ccc(N2C(=S)N[C@H](c3ccccn3)[C@@H]2c2cc(C)n(-c3ccc(OC)cc3[N+](=O)[O-])c2C)cc1Cl. The molecule has 1 saturated heterocycles. The summed E-state index contributed by atoms with van der Waals surface area (Å²) in [5, 5.41) is 16.5. The Morgan fingerprint density at radius 1 is 1.10 bits per heavy atom. The van der Waals surface area contributed by atoms with Crippen molar-refractivity contribution in [1.29, 1.82) is 0 Å². The number of aryl methyl sites for hydroxylation is 1. The lowest BCUT2D eigenvalue weighted by atomic mass is 9.96. The number of nitro benzene ring substituents is 1. The van der Waals surface area contributed by atoms with Crippen molar-refractivity contribution >= 4 is 40.3 Å². The average Bonchev–Trinajstić information content (AvgIpc) is 3.48. The van der Waals surface area contributed by atoms with E-state index in [1.807, 2.05) is 65.8 Å². The number of hydrogen-bond donors (Lipinski definition) is 1. The van der Waals surface area contributed by atoms with E-state index in [0.29, 0.717) is 40.5 Å². The van der Waals surface area contributed by atoms with Crippen molar-refractivity contribution < 1.29 is 19.1 Å². The summed E-state index contributed by atoms with van der Waals surface area (Å²) in [7, 11) is 3.09. The number of thiocarbonyl (C=S) groups is 1. The number of hydrogen-bond acceptors (Lipinski definition) is 7. The molecule has 0 aliphatic carbocycles. The van der Waals surface area contributed by atoms with Crippen LogP contribution in [0.25, 0.3) is 5.69 Å². The second kappa shape index (κ2) is 12.4. The molecule has 1 aliphatic rings. The van der Waals surface area contributed by atoms with Crippen molar-refractivity contribution in [1.82, 2.24) is 14.9 Å². The van der Waals surface area contributed by atoms with Crippen LogP contribution < -0.4 is 19.7 Å². The van der Waals surface area contributed by atoms with Crippen LogP contribution in [0, 0.1) is 24.0 Å². The molecule has 5 rings (SSSR count). The number of methoxy groups -OCH3 is 2. The maximum Gasteiger partial charge on any atom is 0.296 e. The minimum Gasteiger partial charge on any atom is -0.496 e. The second-order valence-corrected chi connectivity index (χ2v) is 10.5. The lowest BCUT2D eigenvalue weighted by Gasteiger charge is -2.28. The molecule has 12 heteroatoms. The Morgan fingerprint density at radius 2 is 1.90 bits per heavy atom. The number of benzene rings is 2. The molecule has 42 heavy (non-hydrogen) atoms. The molecule has 0 unspecified atom stereocenters. The van der Waals surface area contributed by atoms with Crippen LogP contribution in [-0.2, 0) is 4.74 Å². The number of nitrogens with one attached hydrogen (secondary N) is 1. The van der Waals surface area contributed by atoms with Gasteiger partial charge in [0.2, 0.25) is 0 Å². The summed E-state index contributed by atoms with van der Waals surface area (Å²) in [4.78, 5) is 18.3. The number of anilines is 1. The summed E-state index contributed by atoms with van der Waals surface area (Å²) in [6.07, 6.45) is 1.74. The van der Waals surface area contributed by atoms with Gasteiger partial charge in [-0.15, -0.1) is 0 Å². The van der Waals surface area contributed by atoms with Crippen LogP contribution >= 0.6 is 23.8 Å². The van der Waals surface area contributed by atoms with Gasteiger partial charge >= 0.3 is 0 Å². The van der Waals surface area contributed by atoms with Crippen LogP contribution in [0.15, 0.2) is 66.9 Å². The molecule has 1 fully saturated rings. The minimum absolute atomic E-state index is 0.0586. The number of aromatic nitrogens is 2. The van der Waals surface area contributed by atoms with E-state index >= 15 is 0 Å². The molecule has 1 aliphatic heterocycles. The van der Waals surface area contributed by atoms with Crippen LogP contribution in [0.5, 0.6) is 11.5 Å². The monoisotopic (exact) mass is 607 g/mol. The third-order valence-corrected chi connectivity index (χ3v) is 7.86. The maximum absolute atomic E-state index is 12.1. The van der Waals surface area contributed by atoms with Crippen molar-refractivity contribution in [2.45, 2.75) is 25.9 Å². The Labute approximate surface area is 253 Å². The Hall–Kier alpha value is -4.19. The van der Waals surface area contributed by atoms with Gasteiger partial charge < -0.3 is 29.0 Å². The molecule has 0 radical (unpaired) electrons. The largest absolute Gasteiger partial charge is 0.496 e. The normalized spacial score (nSPS) is 16.4. The average molecular weight is 608 g/mol. The highest BCUT2D eigenvalue weighted by molar-refractivity contribution is 7.80. The molecule has 4 aromatic rings. The van der Waals surface area contributed by atoms with Gasteiger partial charge in [-0.3, -0.25) is 15.1 Å². The number of ether oxygens (including phenoxy) is 3. The van der Waals surface area contributed by atoms with E-state index < -0.39 is 4.92 Å². The predicted octanol–water partition coefficient (Wildman–Crippen LogP) is 6.26. The number of nitro groups is 1. The van der Waals surface area contributed by atoms with Crippen LogP contribution in [0.3, 0.4) is 0 Å². The first-order valence-electron chi connectivity index (χ1n) is 13.2. The topological polar surface area (TPSA) is 104 Å². The third kappa shape index (κ3) is 5.50. The van der Waals surface area contributed by atoms with Crippen molar-refractivity contribution in [2.75, 3.05) is 32.3 Å². The summed E-state index contributed by atoms with van der Waals surface area (Å²) in [5.41, 5.74) is 4.53. The molecule has 0 amide bonds. The van der Waals surface area contributed by atoms with Crippen molar-refractivity contribution in [3.05, 3.63) is 105 Å². The summed E-state index contributed by atoms with van der Waals surface area (Å²) < 4.78 is 18.0. The Morgan fingerprint density at radius 3 is 2.57 bits per heavy atom. The predicted molar refractivity (Wildman–Crippen MR) is 165 cm³/mol. The number of rotatable bonds is 10. The molecular weight excluding hydrogens is 578 g/mol. The van der Waals surface area contributed by atoms with Gasteiger partial charge in [-0.25, -0.2) is 0 Å². The number of halogens is 1. The van der Waals surface area contributed by atoms with Crippen LogP contribution in [0.4, 0.5) is 11.4 Å². The quantitative estimate of drug-likeness (QED) is 0.0967. The second-order valence-electron chi connectivity index (χ2n) is 9.73. The Kier molecular flexibility index (Phi) is 8.62. The lowest BCUT2D eigenvalue weighted by molar-refractivity contribution is -0.384. The number of nitrogens with zero attached hydrogens (tertiary/aromatic N) is 4. The Bertz CT molecular complexity index is 1630. The highest BCUT2D eigenvalue weighted by Crippen LogP contribution is 2.45. The van der Waals surface area contributed by atoms with Gasteiger partial charge in [0, 0.05) is 30.4 Å². The molecule has 2 aromatic heterocycles. The zero-order valence-electron chi connectivity index (χ0n) is 23.5. The molecule has 218 valence electrons. The van der Waals surface area contributed by atoms with Crippen molar-refractivity contribution in [3.63, 3.8) is 0 Å². The molecule has 0 spiro atoms. The molecule has 2 atom stereocenters. The lowest BCUT2D eigenvalue weighted by Crippen LogP contribution is -2.29. The van der Waals surface area contributed by atoms with E-state index in [9.17, 15) is 10.1 Å². The van der Waals surface area contributed by atoms with Gasteiger partial charge in [-0.05, 0) is 80.2 Å². The third-order valence-electron chi connectivity index (χ3n) is 7.25. The standard InChI is InChI=1S/C30H30ClN5O5S/c1-18-15-22(19(2)34(18)25-10-9-21(40-4)17-26(25)36(37)38)29-28(24-7-5-6-12-32-24)33-30(42)35(29)20-8-11-27(23(31)16-20)41-14-13-39-3/h5-12,15-17,28-29H,13-14H2,1-4H3,(H,33,42)/t28-,29+/m1/s1. The first kappa shape index (κ1) is 29.3. The van der Waals surface area contributed by atoms with E-state index in [-0.39, 0.29) is 17.8 Å². The Balaban J connectivity index is 1.64. The summed E-state index contributed by atoms with van der Waals surface area (Å²) in [6.45, 7) is 4.68. The first-order chi connectivity index (χ1) is 20.2. The molecule has 10 nitrogen and oxygen atoms in total. The molecule has 0 saturated carbocycles. The van der Waals surface area contributed by atoms with Crippen molar-refractivity contribution in [2.24, 2.45) is 0 Å². The summed E-state index contributed by atoms with van der Waals surface area (Å²) >= 11 is 12.5. The fourth-order valence-electron chi connectivity index (χ4n) is 5.36. The van der Waals surface area contributed by atoms with Gasteiger partial charge in [0.15, 0.2) is 5.11 Å². The van der Waals surface area contributed by atoms with Gasteiger partial charge in [0.25, 0.3) is 5.69 Å². The first-order valence-corrected chi connectivity index (χ1v) is 14.0. The van der Waals surface area contributed by atoms with Gasteiger partial charge in [-0.2, -0.15) is 0 Å². The minimum atomic E-state index is -0.399. The van der Waals surface area contributed by atoms with Gasteiger partial charge in [0.05, 0.1) is 47.5 Å². The molecule has 1 N–H and O–H groups in total. The van der Waals surface area contributed by atoms with Gasteiger partial charge in [-0.1, -0.05) is 17.7 Å². The van der Waals surface area contributed by atoms with E-state index in [2.05, 4.69) is 10.3 Å². The van der Waals surface area contributed by atoms with Crippen LogP contribution in [0.1, 0.15) is 34.7 Å². The molecule has 2 aromatic carbocycles. The summed E-state index contributed by atoms with van der Waals surface area (Å²) in [6, 6.07) is 17.5. The molecule has 0 bridgehead atoms. The highest BCUT2D eigenvalue weighted by atomic mass is 35.5. The van der Waals surface area contributed by atoms with Gasteiger partial charge in [0.1, 0.15) is 23.8 Å². The fraction of sp³-hybridized carbons (Fsp3) is 0.267. The molecular formula is C30H30ClN5O5S. The zero-order chi connectivity index (χ0) is 30.0. The van der Waals surface area contributed by atoms with Crippen LogP contribution in [-0.4, -0.2) is 47.0 Å². The fourth-order valence-corrected chi connectivity index (χ4v) is 5.94. The van der Waals surface area contributed by atoms with Crippen molar-refractivity contribution in [3.8, 4) is 17.2 Å². The van der Waals surface area contributed by atoms with E-state index in [4.69, 9.17) is 38.0 Å². The molecule has 3 heterocycles. The van der Waals surface area contributed by atoms with E-state index in [1.54, 1.807) is 25.4 Å². The van der Waals surface area contributed by atoms with Crippen LogP contribution in [0.2, 0.25) is 5.02 Å². The zero-order valence-corrected chi connectivity index (χ0v) is 25.1. The maximum atomic E-state index is 12.1. The number of pyridine rings is 1. The van der Waals surface area contributed by atoms with E-state index in [0.717, 1.165) is 28.3 Å². The van der Waals surface area contributed by atoms with E-state index in [1.165, 1.54) is 13.2 Å².